The molecule has 0 aliphatic rings. The summed E-state index contributed by atoms with van der Waals surface area (Å²) in [4.78, 5) is 13.4. The van der Waals surface area contributed by atoms with Gasteiger partial charge < -0.3 is 4.74 Å². The van der Waals surface area contributed by atoms with Crippen LogP contribution in [-0.2, 0) is 14.8 Å². The Kier molecular flexibility index (Phi) is 4.89. The first kappa shape index (κ1) is 15.4. The molecule has 0 spiro atoms. The number of thiophene rings is 1. The fourth-order valence-corrected chi connectivity index (χ4v) is 3.19. The molecule has 1 amide bonds. The van der Waals surface area contributed by atoms with Crippen LogP contribution in [0, 0.1) is 5.82 Å². The molecule has 0 bridgehead atoms. The Morgan fingerprint density at radius 3 is 2.76 bits per heavy atom. The zero-order valence-electron chi connectivity index (χ0n) is 10.6. The number of hydrogen-bond donors (Lipinski definition) is 2. The minimum Gasteiger partial charge on any atom is -0.484 e. The molecule has 0 fully saturated rings. The lowest BCUT2D eigenvalue weighted by atomic mass is 10.3. The average molecular weight is 330 g/mol. The van der Waals surface area contributed by atoms with Crippen LogP contribution < -0.4 is 15.0 Å². The molecule has 9 heteroatoms. The Hall–Kier alpha value is -1.97. The molecule has 2 N–H and O–H groups in total. The van der Waals surface area contributed by atoms with E-state index in [9.17, 15) is 17.6 Å². The highest BCUT2D eigenvalue weighted by atomic mass is 32.2. The molecule has 0 saturated heterocycles. The molecular weight excluding hydrogens is 319 g/mol. The normalized spacial score (nSPS) is 11.1. The van der Waals surface area contributed by atoms with E-state index in [1.54, 1.807) is 11.4 Å². The lowest BCUT2D eigenvalue weighted by molar-refractivity contribution is -0.123. The van der Waals surface area contributed by atoms with Gasteiger partial charge >= 0.3 is 0 Å². The van der Waals surface area contributed by atoms with E-state index in [0.29, 0.717) is 0 Å². The van der Waals surface area contributed by atoms with Crippen molar-refractivity contribution >= 4 is 27.3 Å². The van der Waals surface area contributed by atoms with Gasteiger partial charge in [0.25, 0.3) is 15.9 Å². The third kappa shape index (κ3) is 4.52. The maximum atomic E-state index is 12.9. The summed E-state index contributed by atoms with van der Waals surface area (Å²) >= 11 is 1.02. The van der Waals surface area contributed by atoms with Gasteiger partial charge in [0, 0.05) is 6.07 Å². The number of amides is 1. The summed E-state index contributed by atoms with van der Waals surface area (Å²) in [5.74, 6) is -1.03. The van der Waals surface area contributed by atoms with Gasteiger partial charge in [0.05, 0.1) is 0 Å². The number of carbonyl (C=O) groups is 1. The van der Waals surface area contributed by atoms with Crippen LogP contribution in [0.15, 0.2) is 46.0 Å². The molecule has 0 radical (unpaired) electrons. The van der Waals surface area contributed by atoms with Crippen molar-refractivity contribution in [3.63, 3.8) is 0 Å². The van der Waals surface area contributed by atoms with Crippen LogP contribution in [0.2, 0.25) is 0 Å². The van der Waals surface area contributed by atoms with Gasteiger partial charge in [-0.15, -0.1) is 16.2 Å². The molecule has 6 nitrogen and oxygen atoms in total. The molecular formula is C12H11FN2O4S2. The Labute approximate surface area is 124 Å². The number of rotatable bonds is 6. The van der Waals surface area contributed by atoms with Crippen molar-refractivity contribution in [2.75, 3.05) is 6.61 Å². The topological polar surface area (TPSA) is 84.5 Å². The van der Waals surface area contributed by atoms with Crippen molar-refractivity contribution in [3.05, 3.63) is 47.6 Å². The first-order valence-corrected chi connectivity index (χ1v) is 8.06. The number of nitrogens with one attached hydrogen (secondary N) is 2. The lowest BCUT2D eigenvalue weighted by Gasteiger charge is -2.08. The molecule has 1 aromatic carbocycles. The molecule has 0 unspecified atom stereocenters. The summed E-state index contributed by atoms with van der Waals surface area (Å²) in [6.07, 6.45) is 0. The number of benzene rings is 1. The van der Waals surface area contributed by atoms with Gasteiger partial charge in [-0.05, 0) is 23.6 Å². The van der Waals surface area contributed by atoms with Gasteiger partial charge in [0.2, 0.25) is 0 Å². The summed E-state index contributed by atoms with van der Waals surface area (Å²) in [5.41, 5.74) is 2.01. The van der Waals surface area contributed by atoms with Crippen LogP contribution in [0.4, 0.5) is 4.39 Å². The molecule has 1 aromatic heterocycles. The zero-order chi connectivity index (χ0) is 15.3. The molecule has 2 rings (SSSR count). The van der Waals surface area contributed by atoms with E-state index in [1.807, 2.05) is 10.3 Å². The van der Waals surface area contributed by atoms with Crippen LogP contribution >= 0.6 is 11.3 Å². The van der Waals surface area contributed by atoms with Crippen molar-refractivity contribution < 1.29 is 22.3 Å². The first-order valence-electron chi connectivity index (χ1n) is 5.70. The average Bonchev–Trinajstić information content (AvgIpc) is 2.98. The van der Waals surface area contributed by atoms with E-state index < -0.39 is 28.4 Å². The van der Waals surface area contributed by atoms with Gasteiger partial charge in [-0.1, -0.05) is 12.1 Å². The number of sulfonamides is 1. The van der Waals surface area contributed by atoms with Crippen LogP contribution in [0.25, 0.3) is 0 Å². The first-order chi connectivity index (χ1) is 9.97. The van der Waals surface area contributed by atoms with E-state index in [0.717, 1.165) is 17.4 Å². The predicted molar refractivity (Wildman–Crippen MR) is 74.7 cm³/mol. The fraction of sp³-hybridized carbons (Fsp3) is 0.0833. The highest BCUT2D eigenvalue weighted by molar-refractivity contribution is 7.91. The van der Waals surface area contributed by atoms with Crippen molar-refractivity contribution in [3.8, 4) is 5.75 Å². The Morgan fingerprint density at radius 1 is 1.29 bits per heavy atom. The molecule has 0 aliphatic carbocycles. The maximum absolute atomic E-state index is 12.9. The number of hydrazine groups is 1. The molecule has 0 atom stereocenters. The monoisotopic (exact) mass is 330 g/mol. The van der Waals surface area contributed by atoms with Gasteiger partial charge in [0.15, 0.2) is 6.61 Å². The zero-order valence-corrected chi connectivity index (χ0v) is 12.2. The standard InChI is InChI=1S/C12H11FN2O4S2/c13-9-3-1-4-10(7-9)19-8-11(16)14-15-21(17,18)12-5-2-6-20-12/h1-7,15H,8H2,(H,14,16). The second kappa shape index (κ2) is 6.66. The fourth-order valence-electron chi connectivity index (χ4n) is 1.33. The summed E-state index contributed by atoms with van der Waals surface area (Å²) < 4.78 is 41.4. The number of carbonyl (C=O) groups excluding carboxylic acids is 1. The summed E-state index contributed by atoms with van der Waals surface area (Å²) in [6.45, 7) is -0.448. The van der Waals surface area contributed by atoms with E-state index >= 15 is 0 Å². The van der Waals surface area contributed by atoms with Crippen LogP contribution in [-0.4, -0.2) is 20.9 Å². The molecule has 0 aliphatic heterocycles. The maximum Gasteiger partial charge on any atom is 0.272 e. The van der Waals surface area contributed by atoms with Gasteiger partial charge in [-0.25, -0.2) is 12.8 Å². The van der Waals surface area contributed by atoms with E-state index in [4.69, 9.17) is 4.74 Å². The second-order valence-electron chi connectivity index (χ2n) is 3.83. The van der Waals surface area contributed by atoms with Crippen LogP contribution in [0.1, 0.15) is 0 Å². The van der Waals surface area contributed by atoms with Crippen molar-refractivity contribution in [2.24, 2.45) is 0 Å². The highest BCUT2D eigenvalue weighted by Gasteiger charge is 2.16. The third-order valence-corrected chi connectivity index (χ3v) is 4.90. The predicted octanol–water partition coefficient (Wildman–Crippen LogP) is 1.28. The number of hydrogen-bond acceptors (Lipinski definition) is 5. The van der Waals surface area contributed by atoms with Crippen molar-refractivity contribution in [1.82, 2.24) is 10.3 Å². The summed E-state index contributed by atoms with van der Waals surface area (Å²) in [6, 6.07) is 8.25. The van der Waals surface area contributed by atoms with Crippen LogP contribution in [0.5, 0.6) is 5.75 Å². The number of halogens is 1. The molecule has 2 aromatic rings. The Morgan fingerprint density at radius 2 is 2.10 bits per heavy atom. The van der Waals surface area contributed by atoms with E-state index in [-0.39, 0.29) is 9.96 Å². The highest BCUT2D eigenvalue weighted by Crippen LogP contribution is 2.14. The molecule has 0 saturated carbocycles. The number of ether oxygens (including phenoxy) is 1. The van der Waals surface area contributed by atoms with Gasteiger partial charge in [-0.2, -0.15) is 0 Å². The quantitative estimate of drug-likeness (QED) is 0.781. The van der Waals surface area contributed by atoms with Crippen molar-refractivity contribution in [2.45, 2.75) is 4.21 Å². The van der Waals surface area contributed by atoms with Crippen molar-refractivity contribution in [1.29, 1.82) is 0 Å². The summed E-state index contributed by atoms with van der Waals surface area (Å²) in [5, 5.41) is 1.60. The molecule has 1 heterocycles. The Balaban J connectivity index is 1.83. The van der Waals surface area contributed by atoms with Crippen LogP contribution in [0.3, 0.4) is 0 Å². The molecule has 112 valence electrons. The lowest BCUT2D eigenvalue weighted by Crippen LogP contribution is -2.43. The van der Waals surface area contributed by atoms with Gasteiger partial charge in [-0.3, -0.25) is 10.2 Å². The largest absolute Gasteiger partial charge is 0.484 e. The third-order valence-electron chi connectivity index (χ3n) is 2.25. The van der Waals surface area contributed by atoms with E-state index in [1.165, 1.54) is 24.3 Å². The second-order valence-corrected chi connectivity index (χ2v) is 6.69. The Bertz CT molecular complexity index is 717. The van der Waals surface area contributed by atoms with E-state index in [2.05, 4.69) is 0 Å². The van der Waals surface area contributed by atoms with Gasteiger partial charge in [0.1, 0.15) is 15.8 Å². The SMILES string of the molecule is O=C(COc1cccc(F)c1)NNS(=O)(=O)c1cccs1. The smallest absolute Gasteiger partial charge is 0.272 e. The summed E-state index contributed by atoms with van der Waals surface area (Å²) in [7, 11) is -3.78. The molecule has 21 heavy (non-hydrogen) atoms. The minimum atomic E-state index is -3.78. The minimum absolute atomic E-state index is 0.0776.